The third-order valence-electron chi connectivity index (χ3n) is 12.1. The molecule has 3 heterocycles. The second-order valence-electron chi connectivity index (χ2n) is 16.0. The molecule has 0 saturated carbocycles. The van der Waals surface area contributed by atoms with E-state index in [0.717, 1.165) is 88.9 Å². The van der Waals surface area contributed by atoms with E-state index >= 15 is 0 Å². The van der Waals surface area contributed by atoms with E-state index in [9.17, 15) is 9.59 Å². The standard InChI is InChI=1S/C50H52N6O3/c1-5-7-28-44-43(47(57)55-45(29-19-34-54(44)55)49(3,4)48(58)59-6-2)35-36-30-32-37(33-31-36)41-26-17-18-27-42(41)46-51-52-53-56(46)50(38-20-11-8-12-21-38,39-22-13-9-14-23-39)40-24-15-10-16-25-40/h8-18,20-27,30-33,45H,5-7,19,28-29,34-35H2,1-4H3. The normalized spacial score (nSPS) is 14.2. The molecule has 5 aromatic carbocycles. The third-order valence-corrected chi connectivity index (χ3v) is 12.1. The van der Waals surface area contributed by atoms with Crippen LogP contribution in [0.4, 0.5) is 0 Å². The fourth-order valence-corrected chi connectivity index (χ4v) is 9.11. The lowest BCUT2D eigenvalue weighted by atomic mass is 9.77. The van der Waals surface area contributed by atoms with Crippen LogP contribution in [0.25, 0.3) is 22.5 Å². The molecule has 2 aromatic heterocycles. The van der Waals surface area contributed by atoms with Crippen molar-refractivity contribution in [1.82, 2.24) is 29.6 Å². The quantitative estimate of drug-likeness (QED) is 0.0805. The van der Waals surface area contributed by atoms with Gasteiger partial charge in [-0.25, -0.2) is 9.36 Å². The molecule has 300 valence electrons. The number of fused-ring (bicyclic) bond motifs is 1. The lowest BCUT2D eigenvalue weighted by Crippen LogP contribution is -2.44. The third kappa shape index (κ3) is 7.13. The van der Waals surface area contributed by atoms with Crippen LogP contribution >= 0.6 is 0 Å². The van der Waals surface area contributed by atoms with Crippen LogP contribution in [0.5, 0.6) is 0 Å². The number of aromatic nitrogens is 6. The number of rotatable bonds is 14. The van der Waals surface area contributed by atoms with Gasteiger partial charge in [0.05, 0.1) is 18.1 Å². The number of benzene rings is 5. The highest BCUT2D eigenvalue weighted by atomic mass is 16.5. The van der Waals surface area contributed by atoms with Gasteiger partial charge in [0.15, 0.2) is 5.82 Å². The second-order valence-corrected chi connectivity index (χ2v) is 16.0. The van der Waals surface area contributed by atoms with Gasteiger partial charge in [-0.2, -0.15) is 0 Å². The van der Waals surface area contributed by atoms with Crippen LogP contribution in [0, 0.1) is 5.41 Å². The highest BCUT2D eigenvalue weighted by Gasteiger charge is 2.44. The summed E-state index contributed by atoms with van der Waals surface area (Å²) in [5, 5.41) is 13.9. The van der Waals surface area contributed by atoms with Gasteiger partial charge in [-0.15, -0.1) is 5.10 Å². The van der Waals surface area contributed by atoms with E-state index < -0.39 is 11.0 Å². The number of tetrazole rings is 1. The molecule has 1 atom stereocenters. The molecule has 0 amide bonds. The van der Waals surface area contributed by atoms with E-state index in [-0.39, 0.29) is 17.6 Å². The molecule has 7 aromatic rings. The fourth-order valence-electron chi connectivity index (χ4n) is 9.11. The predicted molar refractivity (Wildman–Crippen MR) is 232 cm³/mol. The van der Waals surface area contributed by atoms with Gasteiger partial charge in [-0.05, 0) is 90.3 Å². The van der Waals surface area contributed by atoms with Crippen molar-refractivity contribution in [2.75, 3.05) is 6.61 Å². The number of hydrogen-bond acceptors (Lipinski definition) is 6. The minimum Gasteiger partial charge on any atom is -0.466 e. The average Bonchev–Trinajstić information content (AvgIpc) is 3.87. The van der Waals surface area contributed by atoms with Gasteiger partial charge < -0.3 is 4.74 Å². The molecule has 0 spiro atoms. The first-order valence-electron chi connectivity index (χ1n) is 20.9. The molecule has 1 unspecified atom stereocenters. The summed E-state index contributed by atoms with van der Waals surface area (Å²) in [4.78, 5) is 27.7. The molecule has 9 heteroatoms. The minimum absolute atomic E-state index is 0.00170. The van der Waals surface area contributed by atoms with Gasteiger partial charge in [0.2, 0.25) is 0 Å². The summed E-state index contributed by atoms with van der Waals surface area (Å²) in [5.74, 6) is 0.369. The summed E-state index contributed by atoms with van der Waals surface area (Å²) in [6.07, 6.45) is 4.99. The van der Waals surface area contributed by atoms with Crippen LogP contribution in [0.1, 0.15) is 92.9 Å². The molecule has 9 nitrogen and oxygen atoms in total. The van der Waals surface area contributed by atoms with Crippen LogP contribution in [-0.2, 0) is 34.5 Å². The smallest absolute Gasteiger partial charge is 0.313 e. The Morgan fingerprint density at radius 3 is 1.92 bits per heavy atom. The summed E-state index contributed by atoms with van der Waals surface area (Å²) >= 11 is 0. The molecule has 1 aliphatic heterocycles. The van der Waals surface area contributed by atoms with Gasteiger partial charge in [-0.3, -0.25) is 14.3 Å². The molecule has 0 fully saturated rings. The summed E-state index contributed by atoms with van der Waals surface area (Å²) < 4.78 is 11.5. The van der Waals surface area contributed by atoms with Gasteiger partial charge >= 0.3 is 5.97 Å². The molecular weight excluding hydrogens is 733 g/mol. The summed E-state index contributed by atoms with van der Waals surface area (Å²) in [7, 11) is 0. The Morgan fingerprint density at radius 2 is 1.34 bits per heavy atom. The van der Waals surface area contributed by atoms with Crippen LogP contribution in [0.2, 0.25) is 0 Å². The maximum Gasteiger partial charge on any atom is 0.313 e. The zero-order valence-electron chi connectivity index (χ0n) is 34.4. The van der Waals surface area contributed by atoms with Gasteiger partial charge in [-0.1, -0.05) is 153 Å². The molecule has 0 radical (unpaired) electrons. The van der Waals surface area contributed by atoms with Crippen molar-refractivity contribution in [1.29, 1.82) is 0 Å². The van der Waals surface area contributed by atoms with E-state index in [1.165, 1.54) is 0 Å². The fraction of sp³-hybridized carbons (Fsp3) is 0.300. The van der Waals surface area contributed by atoms with Crippen molar-refractivity contribution < 1.29 is 9.53 Å². The molecule has 59 heavy (non-hydrogen) atoms. The predicted octanol–water partition coefficient (Wildman–Crippen LogP) is 9.67. The van der Waals surface area contributed by atoms with E-state index in [2.05, 4.69) is 126 Å². The minimum atomic E-state index is -0.885. The number of ether oxygens (including phenoxy) is 1. The number of unbranched alkanes of at least 4 members (excludes halogenated alkanes) is 1. The Kier molecular flexibility index (Phi) is 11.3. The monoisotopic (exact) mass is 784 g/mol. The maximum absolute atomic E-state index is 14.5. The number of carbonyl (C=O) groups excluding carboxylic acids is 1. The molecular formula is C50H52N6O3. The average molecular weight is 785 g/mol. The van der Waals surface area contributed by atoms with Crippen molar-refractivity contribution >= 4 is 5.97 Å². The summed E-state index contributed by atoms with van der Waals surface area (Å²) in [5.41, 5.74) is 7.22. The molecule has 1 aliphatic rings. The van der Waals surface area contributed by atoms with Crippen molar-refractivity contribution in [3.63, 3.8) is 0 Å². The molecule has 0 saturated heterocycles. The van der Waals surface area contributed by atoms with E-state index in [1.807, 2.05) is 60.5 Å². The highest BCUT2D eigenvalue weighted by Crippen LogP contribution is 2.44. The van der Waals surface area contributed by atoms with Crippen molar-refractivity contribution in [2.45, 2.75) is 84.3 Å². The Labute approximate surface area is 346 Å². The molecule has 0 N–H and O–H groups in total. The first kappa shape index (κ1) is 39.5. The largest absolute Gasteiger partial charge is 0.466 e. The van der Waals surface area contributed by atoms with Gasteiger partial charge in [0.25, 0.3) is 5.56 Å². The summed E-state index contributed by atoms with van der Waals surface area (Å²) in [6, 6.07) is 47.8. The number of nitrogens with zero attached hydrogens (tertiary/aromatic N) is 6. The first-order valence-corrected chi connectivity index (χ1v) is 20.9. The van der Waals surface area contributed by atoms with E-state index in [0.29, 0.717) is 18.9 Å². The Hall–Kier alpha value is -6.35. The van der Waals surface area contributed by atoms with Crippen LogP contribution in [0.3, 0.4) is 0 Å². The van der Waals surface area contributed by atoms with Crippen molar-refractivity contribution in [2.24, 2.45) is 5.41 Å². The Morgan fingerprint density at radius 1 is 0.763 bits per heavy atom. The Bertz CT molecular complexity index is 2480. The van der Waals surface area contributed by atoms with E-state index in [4.69, 9.17) is 15.0 Å². The number of esters is 1. The maximum atomic E-state index is 14.5. The highest BCUT2D eigenvalue weighted by molar-refractivity contribution is 5.81. The van der Waals surface area contributed by atoms with Crippen LogP contribution < -0.4 is 5.56 Å². The second kappa shape index (κ2) is 16.9. The first-order chi connectivity index (χ1) is 28.8. The van der Waals surface area contributed by atoms with Gasteiger partial charge in [0.1, 0.15) is 5.54 Å². The SMILES string of the molecule is CCCCc1c(Cc2ccc(-c3ccccc3-c3nnnn3C(c3ccccc3)(c3ccccc3)c3ccccc3)cc2)c(=O)n2n1CCCC2C(C)(C)C(=O)OCC. The molecule has 0 bridgehead atoms. The number of carbonyl (C=O) groups is 1. The van der Waals surface area contributed by atoms with Gasteiger partial charge in [0, 0.05) is 29.8 Å². The zero-order valence-corrected chi connectivity index (χ0v) is 34.4. The van der Waals surface area contributed by atoms with E-state index in [1.54, 1.807) is 0 Å². The zero-order chi connectivity index (χ0) is 41.0. The lowest BCUT2D eigenvalue weighted by Gasteiger charge is -2.37. The van der Waals surface area contributed by atoms with Crippen molar-refractivity contribution in [3.05, 3.63) is 183 Å². The topological polar surface area (TPSA) is 96.8 Å². The molecule has 8 rings (SSSR count). The van der Waals surface area contributed by atoms with Crippen LogP contribution in [-0.4, -0.2) is 42.1 Å². The Balaban J connectivity index is 1.19. The summed E-state index contributed by atoms with van der Waals surface area (Å²) in [6.45, 7) is 8.90. The number of hydrogen-bond donors (Lipinski definition) is 0. The van der Waals surface area contributed by atoms with Crippen LogP contribution in [0.15, 0.2) is 144 Å². The molecule has 0 aliphatic carbocycles. The lowest BCUT2D eigenvalue weighted by molar-refractivity contribution is -0.157. The van der Waals surface area contributed by atoms with Crippen molar-refractivity contribution in [3.8, 4) is 22.5 Å².